The van der Waals surface area contributed by atoms with Crippen molar-refractivity contribution in [2.24, 2.45) is 0 Å². The summed E-state index contributed by atoms with van der Waals surface area (Å²) >= 11 is 1.45. The van der Waals surface area contributed by atoms with Crippen LogP contribution < -0.4 is 45.0 Å². The van der Waals surface area contributed by atoms with Gasteiger partial charge in [-0.3, -0.25) is 0 Å². The Hall–Kier alpha value is -0.540. The number of fused-ring (bicyclic) bond motifs is 2. The summed E-state index contributed by atoms with van der Waals surface area (Å²) in [5.74, 6) is 1.05. The molecule has 1 aliphatic rings. The van der Waals surface area contributed by atoms with Gasteiger partial charge < -0.3 is 24.8 Å². The molecule has 2 nitrogen and oxygen atoms in total. The smallest absolute Gasteiger partial charge is 1.00 e. The molecule has 1 N–H and O–H groups in total. The summed E-state index contributed by atoms with van der Waals surface area (Å²) in [5, 5.41) is 9.16. The van der Waals surface area contributed by atoms with Gasteiger partial charge in [-0.25, -0.2) is 0 Å². The standard InChI is InChI=1S/C24H32NOSi.2ClH.Zr/c1-9-16(2)22-21(26-27(6,7)8)15-19-18-13-11-10-12-17(18)14-20(19)23(22)25-24(3,4)5;;;/h10-13,15,25H,9H2,1-8H3;2*1H;/q;;;+2/p-2. The van der Waals surface area contributed by atoms with E-state index in [9.17, 15) is 0 Å². The average molecular weight is 541 g/mol. The molecule has 0 saturated heterocycles. The Kier molecular flexibility index (Phi) is 9.11. The minimum atomic E-state index is -1.75. The van der Waals surface area contributed by atoms with Crippen LogP contribution in [0.4, 0.5) is 5.69 Å². The van der Waals surface area contributed by atoms with Gasteiger partial charge in [0.25, 0.3) is 0 Å². The second kappa shape index (κ2) is 9.94. The van der Waals surface area contributed by atoms with Crippen LogP contribution in [0.25, 0.3) is 8.85 Å². The molecule has 0 unspecified atom stereocenters. The number of anilines is 1. The molecule has 30 heavy (non-hydrogen) atoms. The largest absolute Gasteiger partial charge is 1.00 e. The van der Waals surface area contributed by atoms with E-state index in [-0.39, 0.29) is 30.4 Å². The van der Waals surface area contributed by atoms with Gasteiger partial charge in [0, 0.05) is 0 Å². The Labute approximate surface area is 209 Å². The van der Waals surface area contributed by atoms with E-state index in [4.69, 9.17) is 4.43 Å². The maximum atomic E-state index is 6.66. The molecule has 0 fully saturated rings. The van der Waals surface area contributed by atoms with E-state index in [0.717, 1.165) is 12.2 Å². The molecule has 0 aromatic heterocycles. The number of hydrogen-bond acceptors (Lipinski definition) is 2. The molecule has 161 valence electrons. The molecule has 0 spiro atoms. The summed E-state index contributed by atoms with van der Waals surface area (Å²) in [6.07, 6.45) is 1.01. The number of benzene rings is 2. The predicted octanol–water partition coefficient (Wildman–Crippen LogP) is -0.997. The molecule has 2 aromatic rings. The molecule has 0 amide bonds. The molecule has 2 aromatic carbocycles. The van der Waals surface area contributed by atoms with Crippen molar-refractivity contribution >= 4 is 22.9 Å². The number of hydrogen-bond donors (Lipinski definition) is 1. The van der Waals surface area contributed by atoms with Gasteiger partial charge in [-0.15, -0.1) is 0 Å². The van der Waals surface area contributed by atoms with Crippen molar-refractivity contribution in [2.75, 3.05) is 5.32 Å². The van der Waals surface area contributed by atoms with Crippen LogP contribution in [-0.4, -0.2) is 13.9 Å². The number of rotatable bonds is 4. The molecule has 1 aliphatic carbocycles. The molecule has 6 heteroatoms. The third kappa shape index (κ3) is 5.63. The zero-order chi connectivity index (χ0) is 20.9. The number of nitrogens with one attached hydrogen (secondary N) is 1. The van der Waals surface area contributed by atoms with Crippen molar-refractivity contribution in [1.82, 2.24) is 0 Å². The summed E-state index contributed by atoms with van der Waals surface area (Å²) < 4.78 is 8.10. The quantitative estimate of drug-likeness (QED) is 0.503. The zero-order valence-corrected chi connectivity index (χ0v) is 24.2. The second-order valence-corrected chi connectivity index (χ2v) is 15.3. The Bertz CT molecular complexity index is 1150. The Morgan fingerprint density at radius 2 is 1.60 bits per heavy atom. The van der Waals surface area contributed by atoms with Gasteiger partial charge in [-0.1, -0.05) is 0 Å². The first-order valence-corrected chi connectivity index (χ1v) is 14.8. The minimum Gasteiger partial charge on any atom is -1.00 e. The molecule has 0 aliphatic heterocycles. The molecule has 0 atom stereocenters. The van der Waals surface area contributed by atoms with Crippen LogP contribution in [0.5, 0.6) is 5.75 Å². The summed E-state index contributed by atoms with van der Waals surface area (Å²) in [5.41, 5.74) is 3.97. The maximum Gasteiger partial charge on any atom is -1.00 e. The van der Waals surface area contributed by atoms with Crippen molar-refractivity contribution in [2.45, 2.75) is 66.2 Å². The summed E-state index contributed by atoms with van der Waals surface area (Å²) in [7, 11) is -1.75. The zero-order valence-electron chi connectivity index (χ0n) is 19.3. The third-order valence-electron chi connectivity index (χ3n) is 4.90. The van der Waals surface area contributed by atoms with Crippen LogP contribution in [0.2, 0.25) is 19.6 Å². The van der Waals surface area contributed by atoms with Gasteiger partial charge >= 0.3 is 186 Å². The van der Waals surface area contributed by atoms with Crippen LogP contribution in [0, 0.1) is 10.4 Å². The van der Waals surface area contributed by atoms with Crippen molar-refractivity contribution in [3.05, 3.63) is 56.8 Å². The summed E-state index contributed by atoms with van der Waals surface area (Å²) in [6.45, 7) is 18.0. The van der Waals surface area contributed by atoms with E-state index in [1.54, 1.807) is 0 Å². The third-order valence-corrected chi connectivity index (χ3v) is 7.01. The second-order valence-electron chi connectivity index (χ2n) is 9.69. The summed E-state index contributed by atoms with van der Waals surface area (Å²) in [6, 6.07) is 11.1. The van der Waals surface area contributed by atoms with Crippen LogP contribution in [-0.2, 0) is 24.7 Å². The van der Waals surface area contributed by atoms with Gasteiger partial charge in [0.1, 0.15) is 0 Å². The van der Waals surface area contributed by atoms with E-state index < -0.39 is 8.32 Å². The first kappa shape index (κ1) is 27.5. The van der Waals surface area contributed by atoms with Gasteiger partial charge in [0.2, 0.25) is 0 Å². The fraction of sp³-hybridized carbons (Fsp3) is 0.417. The monoisotopic (exact) mass is 538 g/mol. The van der Waals surface area contributed by atoms with Crippen molar-refractivity contribution < 1.29 is 54.0 Å². The normalized spacial score (nSPS) is 13.6. The first-order valence-electron chi connectivity index (χ1n) is 10.1. The Morgan fingerprint density at radius 3 is 2.10 bits per heavy atom. The predicted molar refractivity (Wildman–Crippen MR) is 119 cm³/mol. The Balaban J connectivity index is 0.00000225. The molecular formula is C24H32Cl2NOSiZr. The molecule has 0 saturated carbocycles. The topological polar surface area (TPSA) is 21.3 Å². The van der Waals surface area contributed by atoms with E-state index in [2.05, 4.69) is 89.9 Å². The van der Waals surface area contributed by atoms with Crippen LogP contribution in [0.3, 0.4) is 0 Å². The van der Waals surface area contributed by atoms with Crippen LogP contribution >= 0.6 is 0 Å². The first-order chi connectivity index (χ1) is 12.9. The molecule has 0 heterocycles. The van der Waals surface area contributed by atoms with Gasteiger partial charge in [0.05, 0.1) is 0 Å². The van der Waals surface area contributed by atoms with Crippen LogP contribution in [0.15, 0.2) is 30.3 Å². The molecule has 0 radical (unpaired) electrons. The maximum absolute atomic E-state index is 6.66. The molecule has 0 bridgehead atoms. The van der Waals surface area contributed by atoms with Crippen LogP contribution in [0.1, 0.15) is 46.6 Å². The SMILES string of the molecule is CCC(C)=c1c(O[Si](C)(C)C)cc2c(c1NC(C)(C)C)[C]([Zr+2])=c1ccccc1=2.[Cl-].[Cl-]. The van der Waals surface area contributed by atoms with Gasteiger partial charge in [0.15, 0.2) is 0 Å². The van der Waals surface area contributed by atoms with Crippen molar-refractivity contribution in [3.63, 3.8) is 0 Å². The van der Waals surface area contributed by atoms with E-state index in [1.165, 1.54) is 65.7 Å². The Morgan fingerprint density at radius 1 is 1.03 bits per heavy atom. The fourth-order valence-electron chi connectivity index (χ4n) is 3.71. The van der Waals surface area contributed by atoms with Crippen molar-refractivity contribution in [1.29, 1.82) is 0 Å². The fourth-order valence-corrected chi connectivity index (χ4v) is 5.71. The number of halogens is 2. The van der Waals surface area contributed by atoms with Crippen molar-refractivity contribution in [3.8, 4) is 5.75 Å². The molecule has 3 rings (SSSR count). The minimum absolute atomic E-state index is 0. The van der Waals surface area contributed by atoms with E-state index in [0.29, 0.717) is 0 Å². The summed E-state index contributed by atoms with van der Waals surface area (Å²) in [4.78, 5) is 0. The average Bonchev–Trinajstić information content (AvgIpc) is 2.85. The van der Waals surface area contributed by atoms with E-state index >= 15 is 0 Å². The van der Waals surface area contributed by atoms with Gasteiger partial charge in [-0.2, -0.15) is 0 Å². The van der Waals surface area contributed by atoms with E-state index in [1.807, 2.05) is 0 Å². The van der Waals surface area contributed by atoms with Gasteiger partial charge in [-0.05, 0) is 0 Å². The molecular weight excluding hydrogens is 508 g/mol.